The Labute approximate surface area is 112 Å². The number of nitrogens with zero attached hydrogens (tertiary/aromatic N) is 1. The molecule has 0 saturated heterocycles. The van der Waals surface area contributed by atoms with E-state index in [9.17, 15) is 4.79 Å². The second-order valence-electron chi connectivity index (χ2n) is 5.40. The van der Waals surface area contributed by atoms with Gasteiger partial charge in [-0.15, -0.1) is 11.3 Å². The van der Waals surface area contributed by atoms with E-state index < -0.39 is 0 Å². The highest BCUT2D eigenvalue weighted by Crippen LogP contribution is 2.42. The first-order valence-electron chi connectivity index (χ1n) is 6.32. The van der Waals surface area contributed by atoms with Gasteiger partial charge in [0.25, 0.3) is 0 Å². The van der Waals surface area contributed by atoms with Crippen LogP contribution < -0.4 is 0 Å². The number of hydrogen-bond acceptors (Lipinski definition) is 3. The molecule has 1 aromatic rings. The number of carbonyl (C=O) groups is 1. The van der Waals surface area contributed by atoms with E-state index in [2.05, 4.69) is 18.4 Å². The van der Waals surface area contributed by atoms with Gasteiger partial charge in [0.15, 0.2) is 0 Å². The molecule has 18 heavy (non-hydrogen) atoms. The summed E-state index contributed by atoms with van der Waals surface area (Å²) >= 11 is 1.77. The first-order valence-corrected chi connectivity index (χ1v) is 7.20. The number of nitrogens with one attached hydrogen (secondary N) is 1. The van der Waals surface area contributed by atoms with Gasteiger partial charge in [0.05, 0.1) is 5.84 Å². The second-order valence-corrected chi connectivity index (χ2v) is 6.32. The van der Waals surface area contributed by atoms with Crippen LogP contribution in [-0.2, 0) is 16.6 Å². The average molecular weight is 264 g/mol. The number of thiophene rings is 1. The molecule has 1 aliphatic rings. The normalized spacial score (nSPS) is 22.4. The maximum absolute atomic E-state index is 12.2. The maximum Gasteiger partial charge on any atom is 0.228 e. The molecule has 0 unspecified atom stereocenters. The van der Waals surface area contributed by atoms with Crippen molar-refractivity contribution < 1.29 is 4.79 Å². The zero-order valence-corrected chi connectivity index (χ0v) is 12.1. The third-order valence-electron chi connectivity index (χ3n) is 3.89. The van der Waals surface area contributed by atoms with Crippen LogP contribution in [0.1, 0.15) is 43.6 Å². The minimum Gasteiger partial charge on any atom is -0.304 e. The number of carbonyl (C=O) groups excluding carboxylic acids is 1. The highest BCUT2D eigenvalue weighted by atomic mass is 32.1. The molecule has 4 heteroatoms. The lowest BCUT2D eigenvalue weighted by Crippen LogP contribution is -2.37. The number of rotatable bonds is 2. The van der Waals surface area contributed by atoms with E-state index >= 15 is 0 Å². The van der Waals surface area contributed by atoms with Gasteiger partial charge in [-0.2, -0.15) is 0 Å². The Kier molecular flexibility index (Phi) is 3.57. The van der Waals surface area contributed by atoms with Crippen molar-refractivity contribution in [2.45, 2.75) is 44.9 Å². The monoisotopic (exact) mass is 264 g/mol. The van der Waals surface area contributed by atoms with Gasteiger partial charge in [-0.05, 0) is 43.2 Å². The molecule has 0 bridgehead atoms. The summed E-state index contributed by atoms with van der Waals surface area (Å²) in [7, 11) is 1.69. The van der Waals surface area contributed by atoms with E-state index in [0.717, 1.165) is 19.3 Å². The van der Waals surface area contributed by atoms with Crippen molar-refractivity contribution in [1.82, 2.24) is 4.90 Å². The number of hydrogen-bond donors (Lipinski definition) is 1. The standard InChI is InChI=1S/C14H20N2OS/c1-10(15)16(3)12(17)9-14(2)7-4-5-11-6-8-18-13(11)14/h6,8,15H,4-5,7,9H2,1-3H3/t14-/m1/s1. The van der Waals surface area contributed by atoms with Crippen LogP contribution in [-0.4, -0.2) is 23.7 Å². The minimum atomic E-state index is -0.0391. The number of amides is 1. The van der Waals surface area contributed by atoms with E-state index in [4.69, 9.17) is 5.41 Å². The van der Waals surface area contributed by atoms with Crippen molar-refractivity contribution in [2.24, 2.45) is 0 Å². The Morgan fingerprint density at radius 1 is 1.61 bits per heavy atom. The maximum atomic E-state index is 12.2. The highest BCUT2D eigenvalue weighted by Gasteiger charge is 2.36. The molecule has 0 radical (unpaired) electrons. The summed E-state index contributed by atoms with van der Waals surface area (Å²) < 4.78 is 0. The largest absolute Gasteiger partial charge is 0.304 e. The lowest BCUT2D eigenvalue weighted by molar-refractivity contribution is -0.127. The Morgan fingerprint density at radius 3 is 3.00 bits per heavy atom. The van der Waals surface area contributed by atoms with E-state index in [-0.39, 0.29) is 11.3 Å². The van der Waals surface area contributed by atoms with Gasteiger partial charge in [-0.3, -0.25) is 10.2 Å². The van der Waals surface area contributed by atoms with Gasteiger partial charge < -0.3 is 4.90 Å². The number of aryl methyl sites for hydroxylation is 1. The molecule has 1 aromatic heterocycles. The van der Waals surface area contributed by atoms with Gasteiger partial charge in [-0.1, -0.05) is 6.92 Å². The molecule has 0 fully saturated rings. The molecule has 1 aliphatic carbocycles. The lowest BCUT2D eigenvalue weighted by Gasteiger charge is -2.34. The molecule has 1 amide bonds. The van der Waals surface area contributed by atoms with Crippen LogP contribution in [0.3, 0.4) is 0 Å². The van der Waals surface area contributed by atoms with Crippen molar-refractivity contribution >= 4 is 23.1 Å². The Morgan fingerprint density at radius 2 is 2.33 bits per heavy atom. The summed E-state index contributed by atoms with van der Waals surface area (Å²) in [6.45, 7) is 3.84. The zero-order valence-electron chi connectivity index (χ0n) is 11.2. The van der Waals surface area contributed by atoms with Gasteiger partial charge in [0.2, 0.25) is 5.91 Å². The van der Waals surface area contributed by atoms with Crippen LogP contribution >= 0.6 is 11.3 Å². The van der Waals surface area contributed by atoms with Gasteiger partial charge in [0.1, 0.15) is 0 Å². The van der Waals surface area contributed by atoms with Crippen molar-refractivity contribution in [2.75, 3.05) is 7.05 Å². The summed E-state index contributed by atoms with van der Waals surface area (Å²) in [5.41, 5.74) is 1.37. The molecule has 0 spiro atoms. The summed E-state index contributed by atoms with van der Waals surface area (Å²) in [6, 6.07) is 2.19. The highest BCUT2D eigenvalue weighted by molar-refractivity contribution is 7.10. The van der Waals surface area contributed by atoms with Crippen LogP contribution in [0.2, 0.25) is 0 Å². The molecule has 1 atom stereocenters. The van der Waals surface area contributed by atoms with Gasteiger partial charge in [0, 0.05) is 23.8 Å². The summed E-state index contributed by atoms with van der Waals surface area (Å²) in [5, 5.41) is 9.66. The van der Waals surface area contributed by atoms with Crippen molar-refractivity contribution in [3.8, 4) is 0 Å². The fourth-order valence-corrected chi connectivity index (χ4v) is 3.80. The lowest BCUT2D eigenvalue weighted by atomic mass is 9.74. The Hall–Kier alpha value is -1.16. The smallest absolute Gasteiger partial charge is 0.228 e. The minimum absolute atomic E-state index is 0.0391. The first kappa shape index (κ1) is 13.3. The van der Waals surface area contributed by atoms with Gasteiger partial charge >= 0.3 is 0 Å². The van der Waals surface area contributed by atoms with Crippen LogP contribution in [0.15, 0.2) is 11.4 Å². The quantitative estimate of drug-likeness (QED) is 0.647. The SMILES string of the molecule is CC(=N)N(C)C(=O)C[C@@]1(C)CCCc2ccsc21. The molecular formula is C14H20N2OS. The van der Waals surface area contributed by atoms with E-state index in [1.807, 2.05) is 0 Å². The van der Waals surface area contributed by atoms with Crippen LogP contribution in [0.4, 0.5) is 0 Å². The van der Waals surface area contributed by atoms with E-state index in [0.29, 0.717) is 12.3 Å². The van der Waals surface area contributed by atoms with E-state index in [1.54, 1.807) is 25.3 Å². The fraction of sp³-hybridized carbons (Fsp3) is 0.571. The molecule has 98 valence electrons. The summed E-state index contributed by atoms with van der Waals surface area (Å²) in [6.07, 6.45) is 3.87. The van der Waals surface area contributed by atoms with Crippen LogP contribution in [0.25, 0.3) is 0 Å². The molecule has 3 nitrogen and oxygen atoms in total. The first-order chi connectivity index (χ1) is 8.44. The number of amidine groups is 1. The predicted molar refractivity (Wildman–Crippen MR) is 75.4 cm³/mol. The third kappa shape index (κ3) is 2.34. The van der Waals surface area contributed by atoms with Crippen LogP contribution in [0.5, 0.6) is 0 Å². The second kappa shape index (κ2) is 4.84. The van der Waals surface area contributed by atoms with Crippen molar-refractivity contribution in [3.63, 3.8) is 0 Å². The average Bonchev–Trinajstić information content (AvgIpc) is 2.77. The molecule has 2 rings (SSSR count). The van der Waals surface area contributed by atoms with Gasteiger partial charge in [-0.25, -0.2) is 0 Å². The zero-order chi connectivity index (χ0) is 13.3. The summed E-state index contributed by atoms with van der Waals surface area (Å²) in [5.74, 6) is 0.358. The molecule has 1 heterocycles. The Balaban J connectivity index is 2.20. The van der Waals surface area contributed by atoms with Crippen molar-refractivity contribution in [1.29, 1.82) is 5.41 Å². The topological polar surface area (TPSA) is 44.2 Å². The molecule has 0 saturated carbocycles. The third-order valence-corrected chi connectivity index (χ3v) is 5.15. The summed E-state index contributed by atoms with van der Waals surface area (Å²) in [4.78, 5) is 15.0. The van der Waals surface area contributed by atoms with Crippen molar-refractivity contribution in [3.05, 3.63) is 21.9 Å². The molecule has 0 aliphatic heterocycles. The fourth-order valence-electron chi connectivity index (χ4n) is 2.65. The molecule has 0 aromatic carbocycles. The molecular weight excluding hydrogens is 244 g/mol. The number of fused-ring (bicyclic) bond motifs is 1. The molecule has 1 N–H and O–H groups in total. The van der Waals surface area contributed by atoms with E-state index in [1.165, 1.54) is 15.3 Å². The Bertz CT molecular complexity index is 480. The predicted octanol–water partition coefficient (Wildman–Crippen LogP) is 3.19. The van der Waals surface area contributed by atoms with Crippen LogP contribution in [0, 0.1) is 5.41 Å².